The van der Waals surface area contributed by atoms with Crippen LogP contribution in [0.1, 0.15) is 19.8 Å². The van der Waals surface area contributed by atoms with Gasteiger partial charge in [-0.25, -0.2) is 9.96 Å². The molecule has 0 aromatic heterocycles. The Bertz CT molecular complexity index is 825. The van der Waals surface area contributed by atoms with E-state index in [-0.39, 0.29) is 17.9 Å². The van der Waals surface area contributed by atoms with Gasteiger partial charge < -0.3 is 0 Å². The number of hydrogen-bond donors (Lipinski definition) is 0. The van der Waals surface area contributed by atoms with Crippen LogP contribution < -0.4 is 9.96 Å². The summed E-state index contributed by atoms with van der Waals surface area (Å²) in [6.07, 6.45) is 0.877. The second-order valence-corrected chi connectivity index (χ2v) is 6.99. The second-order valence-electron chi connectivity index (χ2n) is 6.56. The summed E-state index contributed by atoms with van der Waals surface area (Å²) in [6.45, 7) is 2.06. The van der Waals surface area contributed by atoms with Gasteiger partial charge in [0.2, 0.25) is 5.91 Å². The number of carbonyl (C=O) groups excluding carboxylic acids is 2. The van der Waals surface area contributed by atoms with Gasteiger partial charge in [-0.15, -0.1) is 0 Å². The van der Waals surface area contributed by atoms with Crippen molar-refractivity contribution < 1.29 is 14.4 Å². The number of hydroxylamine groups is 1. The number of halogens is 1. The molecule has 0 radical (unpaired) electrons. The molecule has 2 aromatic carbocycles. The zero-order valence-electron chi connectivity index (χ0n) is 14.3. The zero-order valence-corrected chi connectivity index (χ0v) is 15.1. The number of imide groups is 1. The Hall–Kier alpha value is -2.37. The Labute approximate surface area is 157 Å². The lowest BCUT2D eigenvalue weighted by Gasteiger charge is -2.28. The van der Waals surface area contributed by atoms with E-state index in [2.05, 4.69) is 6.92 Å². The third-order valence-electron chi connectivity index (χ3n) is 4.92. The molecule has 2 heterocycles. The Morgan fingerprint density at radius 1 is 0.962 bits per heavy atom. The number of rotatable bonds is 4. The summed E-state index contributed by atoms with van der Waals surface area (Å²) < 4.78 is 0. The van der Waals surface area contributed by atoms with E-state index in [1.165, 1.54) is 4.90 Å². The molecule has 0 aliphatic carbocycles. The number of nitrogens with zero attached hydrogens (tertiary/aromatic N) is 2. The molecule has 0 N–H and O–H groups in total. The Morgan fingerprint density at radius 3 is 2.31 bits per heavy atom. The van der Waals surface area contributed by atoms with Crippen molar-refractivity contribution in [3.05, 3.63) is 59.6 Å². The number of hydrogen-bond acceptors (Lipinski definition) is 4. The molecule has 2 aliphatic heterocycles. The van der Waals surface area contributed by atoms with Crippen molar-refractivity contribution in [2.75, 3.05) is 9.96 Å². The molecule has 134 valence electrons. The highest BCUT2D eigenvalue weighted by Crippen LogP contribution is 2.41. The number of anilines is 2. The average molecular weight is 371 g/mol. The maximum atomic E-state index is 13.1. The van der Waals surface area contributed by atoms with Crippen molar-refractivity contribution in [3.8, 4) is 0 Å². The van der Waals surface area contributed by atoms with Gasteiger partial charge in [0.25, 0.3) is 5.91 Å². The van der Waals surface area contributed by atoms with E-state index in [1.807, 2.05) is 30.3 Å². The SMILES string of the molecule is CCC[C@@H]1[C@@H]2C(=O)N(c3ccc(Cl)cc3)C(=O)[C@H]2ON1c1ccccc1. The number of amides is 2. The topological polar surface area (TPSA) is 49.9 Å². The Balaban J connectivity index is 1.67. The third kappa shape index (κ3) is 2.68. The van der Waals surface area contributed by atoms with E-state index in [1.54, 1.807) is 29.3 Å². The van der Waals surface area contributed by atoms with Gasteiger partial charge in [-0.3, -0.25) is 14.4 Å². The molecule has 26 heavy (non-hydrogen) atoms. The van der Waals surface area contributed by atoms with Crippen LogP contribution >= 0.6 is 11.6 Å². The molecule has 2 aromatic rings. The first-order chi connectivity index (χ1) is 12.6. The molecule has 2 amide bonds. The molecule has 0 bridgehead atoms. The van der Waals surface area contributed by atoms with E-state index < -0.39 is 12.0 Å². The number of para-hydroxylation sites is 1. The first kappa shape index (κ1) is 17.1. The van der Waals surface area contributed by atoms with Crippen molar-refractivity contribution in [1.82, 2.24) is 0 Å². The summed E-state index contributed by atoms with van der Waals surface area (Å²) in [5.41, 5.74) is 1.39. The van der Waals surface area contributed by atoms with Crippen LogP contribution in [0.2, 0.25) is 5.02 Å². The molecule has 4 rings (SSSR count). The molecule has 0 unspecified atom stereocenters. The van der Waals surface area contributed by atoms with Crippen molar-refractivity contribution in [1.29, 1.82) is 0 Å². The molecule has 0 spiro atoms. The van der Waals surface area contributed by atoms with Crippen LogP contribution in [0.4, 0.5) is 11.4 Å². The predicted molar refractivity (Wildman–Crippen MR) is 99.9 cm³/mol. The molecule has 2 saturated heterocycles. The minimum absolute atomic E-state index is 0.166. The molecule has 2 fully saturated rings. The summed E-state index contributed by atoms with van der Waals surface area (Å²) in [7, 11) is 0. The predicted octanol–water partition coefficient (Wildman–Crippen LogP) is 3.82. The molecule has 3 atom stereocenters. The van der Waals surface area contributed by atoms with Gasteiger partial charge in [0.1, 0.15) is 0 Å². The maximum absolute atomic E-state index is 13.1. The van der Waals surface area contributed by atoms with E-state index in [9.17, 15) is 9.59 Å². The van der Waals surface area contributed by atoms with E-state index >= 15 is 0 Å². The summed E-state index contributed by atoms with van der Waals surface area (Å²) in [4.78, 5) is 33.3. The molecular formula is C20H19ClN2O3. The van der Waals surface area contributed by atoms with Crippen molar-refractivity contribution in [2.24, 2.45) is 5.92 Å². The van der Waals surface area contributed by atoms with Crippen LogP contribution in [0.3, 0.4) is 0 Å². The van der Waals surface area contributed by atoms with Crippen LogP contribution in [0.25, 0.3) is 0 Å². The summed E-state index contributed by atoms with van der Waals surface area (Å²) in [5.74, 6) is -1.03. The van der Waals surface area contributed by atoms with Gasteiger partial charge in [-0.1, -0.05) is 43.1 Å². The smallest absolute Gasteiger partial charge is 0.266 e. The second kappa shape index (κ2) is 6.74. The van der Waals surface area contributed by atoms with Gasteiger partial charge in [0.15, 0.2) is 6.10 Å². The fourth-order valence-corrected chi connectivity index (χ4v) is 3.88. The van der Waals surface area contributed by atoms with Crippen LogP contribution in [0.5, 0.6) is 0 Å². The fourth-order valence-electron chi connectivity index (χ4n) is 3.76. The monoisotopic (exact) mass is 370 g/mol. The lowest BCUT2D eigenvalue weighted by molar-refractivity contribution is -0.126. The maximum Gasteiger partial charge on any atom is 0.266 e. The highest BCUT2D eigenvalue weighted by Gasteiger charge is 2.59. The van der Waals surface area contributed by atoms with Crippen molar-refractivity contribution in [3.63, 3.8) is 0 Å². The van der Waals surface area contributed by atoms with Crippen LogP contribution in [0, 0.1) is 5.92 Å². The number of benzene rings is 2. The van der Waals surface area contributed by atoms with Gasteiger partial charge in [0.05, 0.1) is 23.3 Å². The van der Waals surface area contributed by atoms with Crippen LogP contribution in [-0.2, 0) is 14.4 Å². The quantitative estimate of drug-likeness (QED) is 0.768. The van der Waals surface area contributed by atoms with Crippen molar-refractivity contribution in [2.45, 2.75) is 31.9 Å². The molecule has 5 nitrogen and oxygen atoms in total. The Morgan fingerprint density at radius 2 is 1.65 bits per heavy atom. The summed E-state index contributed by atoms with van der Waals surface area (Å²) >= 11 is 5.92. The molecule has 0 saturated carbocycles. The summed E-state index contributed by atoms with van der Waals surface area (Å²) in [5, 5.41) is 2.30. The van der Waals surface area contributed by atoms with Gasteiger partial charge in [-0.05, 0) is 42.8 Å². The first-order valence-corrected chi connectivity index (χ1v) is 9.14. The standard InChI is InChI=1S/C20H19ClN2O3/c1-2-6-16-17-18(26-23(16)15-7-4-3-5-8-15)20(25)22(19(17)24)14-11-9-13(21)10-12-14/h3-5,7-12,16-18H,2,6H2,1H3/t16-,17+,18+/m1/s1. The average Bonchev–Trinajstić information content (AvgIpc) is 3.14. The van der Waals surface area contributed by atoms with E-state index in [0.29, 0.717) is 10.7 Å². The first-order valence-electron chi connectivity index (χ1n) is 8.76. The van der Waals surface area contributed by atoms with Gasteiger partial charge in [-0.2, -0.15) is 0 Å². The van der Waals surface area contributed by atoms with Gasteiger partial charge in [0, 0.05) is 5.02 Å². The van der Waals surface area contributed by atoms with E-state index in [4.69, 9.17) is 16.4 Å². The lowest BCUT2D eigenvalue weighted by atomic mass is 9.93. The third-order valence-corrected chi connectivity index (χ3v) is 5.17. The Kier molecular flexibility index (Phi) is 4.42. The number of carbonyl (C=O) groups is 2. The lowest BCUT2D eigenvalue weighted by Crippen LogP contribution is -2.40. The van der Waals surface area contributed by atoms with E-state index in [0.717, 1.165) is 18.5 Å². The summed E-state index contributed by atoms with van der Waals surface area (Å²) in [6, 6.07) is 16.2. The van der Waals surface area contributed by atoms with Crippen LogP contribution in [0.15, 0.2) is 54.6 Å². The van der Waals surface area contributed by atoms with Gasteiger partial charge >= 0.3 is 0 Å². The minimum atomic E-state index is -0.782. The molecular weight excluding hydrogens is 352 g/mol. The highest BCUT2D eigenvalue weighted by molar-refractivity contribution is 6.31. The zero-order chi connectivity index (χ0) is 18.3. The highest BCUT2D eigenvalue weighted by atomic mass is 35.5. The largest absolute Gasteiger partial charge is 0.273 e. The van der Waals surface area contributed by atoms with Crippen molar-refractivity contribution >= 4 is 34.8 Å². The van der Waals surface area contributed by atoms with Crippen LogP contribution in [-0.4, -0.2) is 24.0 Å². The number of fused-ring (bicyclic) bond motifs is 1. The molecule has 6 heteroatoms. The molecule has 2 aliphatic rings. The normalized spacial score (nSPS) is 25.1. The minimum Gasteiger partial charge on any atom is -0.273 e. The fraction of sp³-hybridized carbons (Fsp3) is 0.300.